The van der Waals surface area contributed by atoms with Crippen molar-refractivity contribution in [2.24, 2.45) is 17.8 Å². The van der Waals surface area contributed by atoms with Crippen molar-refractivity contribution < 1.29 is 33.7 Å². The number of carbonyl (C=O) groups excluding carboxylic acids is 2. The van der Waals surface area contributed by atoms with E-state index in [2.05, 4.69) is 13.5 Å². The molecular weight excluding hydrogens is 532 g/mol. The molecule has 42 heavy (non-hydrogen) atoms. The smallest absolute Gasteiger partial charge is 0.352 e. The number of allylic oxidation sites excluding steroid dienone is 1. The fourth-order valence-electron chi connectivity index (χ4n) is 7.21. The van der Waals surface area contributed by atoms with Crippen molar-refractivity contribution in [2.45, 2.75) is 95.0 Å². The quantitative estimate of drug-likeness (QED) is 0.156. The van der Waals surface area contributed by atoms with Crippen LogP contribution in [0, 0.1) is 17.8 Å². The number of ether oxygens (including phenoxy) is 3. The Bertz CT molecular complexity index is 1250. The molecule has 0 radical (unpaired) electrons. The minimum atomic E-state index is -2.05. The molecule has 5 rings (SSSR count). The van der Waals surface area contributed by atoms with Gasteiger partial charge in [0.25, 0.3) is 0 Å². The number of benzene rings is 2. The Balaban J connectivity index is 1.44. The molecule has 2 saturated carbocycles. The number of esters is 2. The summed E-state index contributed by atoms with van der Waals surface area (Å²) in [5.41, 5.74) is -0.235. The lowest BCUT2D eigenvalue weighted by Gasteiger charge is -2.40. The fourth-order valence-corrected chi connectivity index (χ4v) is 7.21. The average Bonchev–Trinajstić information content (AvgIpc) is 3.32. The molecule has 2 aromatic carbocycles. The third-order valence-corrected chi connectivity index (χ3v) is 9.51. The normalized spacial score (nSPS) is 25.9. The molecule has 0 amide bonds. The van der Waals surface area contributed by atoms with Crippen molar-refractivity contribution in [1.82, 2.24) is 0 Å². The van der Waals surface area contributed by atoms with Gasteiger partial charge in [-0.2, -0.15) is 0 Å². The topological polar surface area (TPSA) is 102 Å². The lowest BCUT2D eigenvalue weighted by Crippen LogP contribution is -2.59. The SMILES string of the molecule is C=C1CC[C@H](CCC)[C@H]1C[C@H]1OC1CC(OC(=O)c1ccccc1)C(OC(=O)c1ccccc1)(C(=O)O)C1CCCC1. The summed E-state index contributed by atoms with van der Waals surface area (Å²) in [6.07, 6.45) is 6.53. The summed E-state index contributed by atoms with van der Waals surface area (Å²) < 4.78 is 18.2. The summed E-state index contributed by atoms with van der Waals surface area (Å²) >= 11 is 0. The maximum atomic E-state index is 13.4. The maximum absolute atomic E-state index is 13.4. The van der Waals surface area contributed by atoms with Crippen LogP contribution in [0.1, 0.15) is 91.8 Å². The van der Waals surface area contributed by atoms with Gasteiger partial charge in [0.05, 0.1) is 23.3 Å². The molecule has 0 spiro atoms. The fraction of sp³-hybridized carbons (Fsp3) is 0.514. The van der Waals surface area contributed by atoms with Crippen molar-refractivity contribution in [2.75, 3.05) is 0 Å². The van der Waals surface area contributed by atoms with Crippen molar-refractivity contribution >= 4 is 17.9 Å². The van der Waals surface area contributed by atoms with E-state index in [-0.39, 0.29) is 24.2 Å². The second-order valence-electron chi connectivity index (χ2n) is 12.1. The van der Waals surface area contributed by atoms with Gasteiger partial charge in [0.1, 0.15) is 0 Å². The number of rotatable bonds is 13. The molecule has 2 aromatic rings. The summed E-state index contributed by atoms with van der Waals surface area (Å²) in [5.74, 6) is -2.23. The molecule has 1 saturated heterocycles. The Labute approximate surface area is 248 Å². The van der Waals surface area contributed by atoms with E-state index >= 15 is 0 Å². The van der Waals surface area contributed by atoms with Gasteiger partial charge in [0.15, 0.2) is 6.10 Å². The Kier molecular flexibility index (Phi) is 9.47. The highest BCUT2D eigenvalue weighted by atomic mass is 16.6. The highest BCUT2D eigenvalue weighted by Crippen LogP contribution is 2.47. The van der Waals surface area contributed by atoms with Gasteiger partial charge in [0, 0.05) is 12.3 Å². The molecule has 3 unspecified atom stereocenters. The van der Waals surface area contributed by atoms with E-state index in [0.29, 0.717) is 30.2 Å². The Morgan fingerprint density at radius 2 is 1.57 bits per heavy atom. The molecular formula is C35H42O7. The highest BCUT2D eigenvalue weighted by Gasteiger charge is 2.60. The summed E-state index contributed by atoms with van der Waals surface area (Å²) in [6.45, 7) is 6.52. The number of carboxylic acid groups (broad SMARTS) is 1. The van der Waals surface area contributed by atoms with Crippen LogP contribution in [0.2, 0.25) is 0 Å². The van der Waals surface area contributed by atoms with E-state index in [1.165, 1.54) is 5.57 Å². The second-order valence-corrected chi connectivity index (χ2v) is 12.1. The molecule has 1 heterocycles. The number of epoxide rings is 1. The minimum absolute atomic E-state index is 0.0815. The van der Waals surface area contributed by atoms with Crippen molar-refractivity contribution in [3.63, 3.8) is 0 Å². The van der Waals surface area contributed by atoms with Crippen LogP contribution in [-0.2, 0) is 19.0 Å². The first-order valence-electron chi connectivity index (χ1n) is 15.4. The van der Waals surface area contributed by atoms with Gasteiger partial charge in [-0.15, -0.1) is 0 Å². The standard InChI is InChI=1S/C35H42O7/c1-3-12-24-20-19-23(2)28(24)21-29-30(40-29)22-31(41-32(36)25-13-6-4-7-14-25)35(34(38)39,27-17-10-11-18-27)42-33(37)26-15-8-5-9-16-26/h4-9,13-16,24,27-31H,2-3,10-12,17-22H2,1H3,(H,38,39)/t24-,28-,29+,30?,31?,35?/m0/s1. The van der Waals surface area contributed by atoms with E-state index in [0.717, 1.165) is 44.9 Å². The van der Waals surface area contributed by atoms with Crippen LogP contribution in [0.3, 0.4) is 0 Å². The van der Waals surface area contributed by atoms with Gasteiger partial charge >= 0.3 is 17.9 Å². The van der Waals surface area contributed by atoms with Gasteiger partial charge < -0.3 is 19.3 Å². The van der Waals surface area contributed by atoms with Crippen LogP contribution in [0.25, 0.3) is 0 Å². The maximum Gasteiger partial charge on any atom is 0.352 e. The van der Waals surface area contributed by atoms with Crippen LogP contribution < -0.4 is 0 Å². The summed E-state index contributed by atoms with van der Waals surface area (Å²) in [4.78, 5) is 40.2. The summed E-state index contributed by atoms with van der Waals surface area (Å²) in [5, 5.41) is 10.9. The average molecular weight is 575 g/mol. The van der Waals surface area contributed by atoms with Gasteiger partial charge in [-0.05, 0) is 68.2 Å². The van der Waals surface area contributed by atoms with Crippen molar-refractivity contribution in [3.05, 3.63) is 83.9 Å². The molecule has 1 N–H and O–H groups in total. The van der Waals surface area contributed by atoms with Crippen molar-refractivity contribution in [3.8, 4) is 0 Å². The van der Waals surface area contributed by atoms with E-state index in [4.69, 9.17) is 14.2 Å². The number of carbonyl (C=O) groups is 3. The zero-order chi connectivity index (χ0) is 29.7. The number of hydrogen-bond donors (Lipinski definition) is 1. The Morgan fingerprint density at radius 3 is 2.17 bits per heavy atom. The highest BCUT2D eigenvalue weighted by molar-refractivity contribution is 5.93. The van der Waals surface area contributed by atoms with Gasteiger partial charge in [0.2, 0.25) is 5.60 Å². The number of aliphatic carboxylic acids is 1. The summed E-state index contributed by atoms with van der Waals surface area (Å²) in [7, 11) is 0. The molecule has 7 heteroatoms. The molecule has 3 fully saturated rings. The molecule has 0 bridgehead atoms. The molecule has 224 valence electrons. The van der Waals surface area contributed by atoms with Gasteiger partial charge in [-0.1, -0.05) is 81.2 Å². The second kappa shape index (κ2) is 13.2. The molecule has 6 atom stereocenters. The van der Waals surface area contributed by atoms with E-state index in [9.17, 15) is 19.5 Å². The van der Waals surface area contributed by atoms with Crippen LogP contribution in [0.15, 0.2) is 72.8 Å². The molecule has 2 aliphatic carbocycles. The lowest BCUT2D eigenvalue weighted by molar-refractivity contribution is -0.184. The third kappa shape index (κ3) is 6.46. The Morgan fingerprint density at radius 1 is 0.952 bits per heavy atom. The zero-order valence-electron chi connectivity index (χ0n) is 24.4. The molecule has 7 nitrogen and oxygen atoms in total. The zero-order valence-corrected chi connectivity index (χ0v) is 24.4. The van der Waals surface area contributed by atoms with Crippen LogP contribution in [0.4, 0.5) is 0 Å². The predicted molar refractivity (Wildman–Crippen MR) is 158 cm³/mol. The van der Waals surface area contributed by atoms with E-state index in [1.54, 1.807) is 60.7 Å². The number of hydrogen-bond acceptors (Lipinski definition) is 6. The molecule has 1 aliphatic heterocycles. The number of carboxylic acids is 1. The monoisotopic (exact) mass is 574 g/mol. The molecule has 0 aromatic heterocycles. The van der Waals surface area contributed by atoms with Crippen LogP contribution in [0.5, 0.6) is 0 Å². The largest absolute Gasteiger partial charge is 0.478 e. The molecule has 3 aliphatic rings. The first kappa shape index (κ1) is 30.0. The van der Waals surface area contributed by atoms with E-state index in [1.807, 2.05) is 0 Å². The lowest BCUT2D eigenvalue weighted by atomic mass is 9.78. The minimum Gasteiger partial charge on any atom is -0.478 e. The predicted octanol–water partition coefficient (Wildman–Crippen LogP) is 7.01. The van der Waals surface area contributed by atoms with E-state index < -0.39 is 35.5 Å². The van der Waals surface area contributed by atoms with Gasteiger partial charge in [-0.25, -0.2) is 14.4 Å². The van der Waals surface area contributed by atoms with Crippen LogP contribution >= 0.6 is 0 Å². The summed E-state index contributed by atoms with van der Waals surface area (Å²) in [6, 6.07) is 16.9. The van der Waals surface area contributed by atoms with Crippen molar-refractivity contribution in [1.29, 1.82) is 0 Å². The van der Waals surface area contributed by atoms with Crippen LogP contribution in [-0.4, -0.2) is 46.9 Å². The van der Waals surface area contributed by atoms with Gasteiger partial charge in [-0.3, -0.25) is 0 Å². The first-order valence-corrected chi connectivity index (χ1v) is 15.4. The first-order chi connectivity index (χ1) is 20.3. The Hall–Kier alpha value is -3.45. The third-order valence-electron chi connectivity index (χ3n) is 9.51.